The molecule has 0 amide bonds. The van der Waals surface area contributed by atoms with Crippen molar-refractivity contribution in [1.82, 2.24) is 0 Å². The van der Waals surface area contributed by atoms with Crippen LogP contribution in [0.15, 0.2) is 0 Å². The summed E-state index contributed by atoms with van der Waals surface area (Å²) in [6, 6.07) is 0. The highest BCUT2D eigenvalue weighted by atomic mass is 16.7. The molecule has 10 nitrogen and oxygen atoms in total. The first-order valence-electron chi connectivity index (χ1n) is 7.40. The molecule has 0 spiro atoms. The molecule has 10 atom stereocenters. The van der Waals surface area contributed by atoms with Gasteiger partial charge in [-0.05, 0) is 6.92 Å². The van der Waals surface area contributed by atoms with Gasteiger partial charge in [-0.25, -0.2) is 0 Å². The van der Waals surface area contributed by atoms with E-state index in [9.17, 15) is 30.6 Å². The molecule has 0 aromatic carbocycles. The molecule has 136 valence electrons. The summed E-state index contributed by atoms with van der Waals surface area (Å²) >= 11 is 0. The van der Waals surface area contributed by atoms with Crippen LogP contribution in [0.5, 0.6) is 0 Å². The van der Waals surface area contributed by atoms with Gasteiger partial charge in [-0.1, -0.05) is 0 Å². The minimum Gasteiger partial charge on any atom is -0.394 e. The lowest BCUT2D eigenvalue weighted by Crippen LogP contribution is -2.64. The Hall–Kier alpha value is -0.400. The third-order valence-corrected chi connectivity index (χ3v) is 4.24. The van der Waals surface area contributed by atoms with Crippen LogP contribution in [-0.2, 0) is 14.2 Å². The number of aliphatic hydroxyl groups is 7. The van der Waals surface area contributed by atoms with Crippen LogP contribution in [0.4, 0.5) is 0 Å². The molecule has 2 aliphatic rings. The summed E-state index contributed by atoms with van der Waals surface area (Å²) in [5.74, 6) is 0. The predicted molar refractivity (Wildman–Crippen MR) is 72.1 cm³/mol. The highest BCUT2D eigenvalue weighted by Crippen LogP contribution is 2.28. The van der Waals surface area contributed by atoms with Gasteiger partial charge in [-0.2, -0.15) is 0 Å². The van der Waals surface area contributed by atoms with Crippen molar-refractivity contribution in [3.05, 3.63) is 0 Å². The first-order chi connectivity index (χ1) is 10.8. The first kappa shape index (κ1) is 18.9. The van der Waals surface area contributed by atoms with E-state index in [1.165, 1.54) is 6.92 Å². The van der Waals surface area contributed by atoms with Crippen LogP contribution in [0.3, 0.4) is 0 Å². The van der Waals surface area contributed by atoms with Crippen LogP contribution >= 0.6 is 0 Å². The van der Waals surface area contributed by atoms with Crippen molar-refractivity contribution in [2.45, 2.75) is 68.1 Å². The Morgan fingerprint density at radius 1 is 0.739 bits per heavy atom. The zero-order valence-electron chi connectivity index (χ0n) is 12.5. The summed E-state index contributed by atoms with van der Waals surface area (Å²) in [6.45, 7) is 0.369. The standard InChI is InChI=1S/C13H24O10/c1-4-7(16)10(19)12(6(3-15)21-4)23-13-11(20)9(18)8(17)5(2-14)22-13/h4-20H,2-3H2,1H3/t4-,5?,6?,7?,8-,9-,10+,11?,12-,13-/m0/s1. The third kappa shape index (κ3) is 3.66. The van der Waals surface area contributed by atoms with E-state index in [1.807, 2.05) is 0 Å². The van der Waals surface area contributed by atoms with E-state index in [-0.39, 0.29) is 0 Å². The zero-order valence-corrected chi connectivity index (χ0v) is 12.5. The maximum atomic E-state index is 10.1. The quantitative estimate of drug-likeness (QED) is 0.265. The van der Waals surface area contributed by atoms with Crippen LogP contribution in [0.1, 0.15) is 6.92 Å². The van der Waals surface area contributed by atoms with Gasteiger partial charge in [0, 0.05) is 0 Å². The summed E-state index contributed by atoms with van der Waals surface area (Å²) in [5.41, 5.74) is 0. The fourth-order valence-corrected chi connectivity index (χ4v) is 2.78. The van der Waals surface area contributed by atoms with Gasteiger partial charge in [0.1, 0.15) is 48.8 Å². The minimum absolute atomic E-state index is 0.518. The van der Waals surface area contributed by atoms with Gasteiger partial charge >= 0.3 is 0 Å². The van der Waals surface area contributed by atoms with Gasteiger partial charge in [0.15, 0.2) is 6.29 Å². The molecule has 2 heterocycles. The highest BCUT2D eigenvalue weighted by Gasteiger charge is 2.49. The molecule has 2 saturated heterocycles. The van der Waals surface area contributed by atoms with Crippen LogP contribution in [0.2, 0.25) is 0 Å². The molecule has 7 N–H and O–H groups in total. The lowest BCUT2D eigenvalue weighted by Gasteiger charge is -2.45. The van der Waals surface area contributed by atoms with Gasteiger partial charge in [0.05, 0.1) is 19.3 Å². The number of ether oxygens (including phenoxy) is 3. The van der Waals surface area contributed by atoms with E-state index in [1.54, 1.807) is 0 Å². The largest absolute Gasteiger partial charge is 0.394 e. The number of hydrogen-bond donors (Lipinski definition) is 7. The fraction of sp³-hybridized carbons (Fsp3) is 1.00. The van der Waals surface area contributed by atoms with Crippen molar-refractivity contribution < 1.29 is 50.0 Å². The van der Waals surface area contributed by atoms with Crippen molar-refractivity contribution in [3.8, 4) is 0 Å². The van der Waals surface area contributed by atoms with Crippen LogP contribution in [0.25, 0.3) is 0 Å². The molecule has 10 heteroatoms. The Kier molecular flexibility index (Phi) is 6.30. The van der Waals surface area contributed by atoms with Crippen molar-refractivity contribution in [1.29, 1.82) is 0 Å². The molecule has 2 rings (SSSR count). The smallest absolute Gasteiger partial charge is 0.187 e. The minimum atomic E-state index is -1.66. The summed E-state index contributed by atoms with van der Waals surface area (Å²) in [7, 11) is 0. The van der Waals surface area contributed by atoms with E-state index in [4.69, 9.17) is 19.3 Å². The molecular weight excluding hydrogens is 316 g/mol. The first-order valence-corrected chi connectivity index (χ1v) is 7.40. The van der Waals surface area contributed by atoms with E-state index in [0.717, 1.165) is 0 Å². The van der Waals surface area contributed by atoms with Gasteiger partial charge in [0.25, 0.3) is 0 Å². The number of aliphatic hydroxyl groups excluding tert-OH is 7. The third-order valence-electron chi connectivity index (χ3n) is 4.24. The Morgan fingerprint density at radius 3 is 1.91 bits per heavy atom. The molecule has 0 aliphatic carbocycles. The monoisotopic (exact) mass is 340 g/mol. The normalized spacial score (nSPS) is 51.7. The topological polar surface area (TPSA) is 169 Å². The lowest BCUT2D eigenvalue weighted by atomic mass is 9.95. The SMILES string of the molecule is C[C@@H]1OC(CO)[C@H](O[C@@H]2OC(CO)[C@H](O)[C@H](O)C2O)[C@H](O)C1O. The highest BCUT2D eigenvalue weighted by molar-refractivity contribution is 4.94. The summed E-state index contributed by atoms with van der Waals surface area (Å²) in [6.07, 6.45) is -13.2. The molecule has 0 radical (unpaired) electrons. The Balaban J connectivity index is 2.11. The Labute approximate surface area is 132 Å². The van der Waals surface area contributed by atoms with Crippen molar-refractivity contribution in [2.24, 2.45) is 0 Å². The van der Waals surface area contributed by atoms with Gasteiger partial charge < -0.3 is 50.0 Å². The maximum Gasteiger partial charge on any atom is 0.187 e. The zero-order chi connectivity index (χ0) is 17.3. The van der Waals surface area contributed by atoms with Gasteiger partial charge in [-0.15, -0.1) is 0 Å². The fourth-order valence-electron chi connectivity index (χ4n) is 2.78. The predicted octanol–water partition coefficient (Wildman–Crippen LogP) is -4.33. The average molecular weight is 340 g/mol. The maximum absolute atomic E-state index is 10.1. The average Bonchev–Trinajstić information content (AvgIpc) is 2.55. The second kappa shape index (κ2) is 7.66. The lowest BCUT2D eigenvalue weighted by molar-refractivity contribution is -0.341. The molecule has 2 fully saturated rings. The summed E-state index contributed by atoms with van der Waals surface area (Å²) in [4.78, 5) is 0. The number of hydrogen-bond acceptors (Lipinski definition) is 10. The Bertz CT molecular complexity index is 378. The molecule has 23 heavy (non-hydrogen) atoms. The van der Waals surface area contributed by atoms with Crippen LogP contribution < -0.4 is 0 Å². The van der Waals surface area contributed by atoms with Crippen LogP contribution in [-0.4, -0.2) is 110 Å². The molecule has 2 aliphatic heterocycles. The summed E-state index contributed by atoms with van der Waals surface area (Å²) in [5, 5.41) is 67.8. The van der Waals surface area contributed by atoms with Gasteiger partial charge in [0.2, 0.25) is 0 Å². The molecule has 0 aromatic heterocycles. The molecule has 0 saturated carbocycles. The van der Waals surface area contributed by atoms with Crippen LogP contribution in [0, 0.1) is 0 Å². The number of rotatable bonds is 4. The molecule has 0 bridgehead atoms. The molecular formula is C13H24O10. The van der Waals surface area contributed by atoms with Gasteiger partial charge in [-0.3, -0.25) is 0 Å². The Morgan fingerprint density at radius 2 is 1.35 bits per heavy atom. The van der Waals surface area contributed by atoms with E-state index in [2.05, 4.69) is 0 Å². The van der Waals surface area contributed by atoms with Crippen molar-refractivity contribution in [2.75, 3.05) is 13.2 Å². The van der Waals surface area contributed by atoms with E-state index in [0.29, 0.717) is 0 Å². The van der Waals surface area contributed by atoms with Crippen molar-refractivity contribution >= 4 is 0 Å². The van der Waals surface area contributed by atoms with Crippen molar-refractivity contribution in [3.63, 3.8) is 0 Å². The molecule has 0 aromatic rings. The second-order valence-corrected chi connectivity index (χ2v) is 5.84. The second-order valence-electron chi connectivity index (χ2n) is 5.84. The summed E-state index contributed by atoms with van der Waals surface area (Å²) < 4.78 is 15.9. The molecule has 4 unspecified atom stereocenters. The van der Waals surface area contributed by atoms with E-state index < -0.39 is 74.4 Å². The van der Waals surface area contributed by atoms with E-state index >= 15 is 0 Å².